The van der Waals surface area contributed by atoms with E-state index in [1.54, 1.807) is 18.2 Å². The van der Waals surface area contributed by atoms with Crippen molar-refractivity contribution >= 4 is 40.9 Å². The third-order valence-electron chi connectivity index (χ3n) is 6.28. The summed E-state index contributed by atoms with van der Waals surface area (Å²) in [5.74, 6) is -2.14. The molecule has 0 atom stereocenters. The Balaban J connectivity index is 1.86. The first-order valence-corrected chi connectivity index (χ1v) is 12.0. The number of nitrogens with zero attached hydrogens (tertiary/aromatic N) is 1. The molecule has 37 heavy (non-hydrogen) atoms. The zero-order chi connectivity index (χ0) is 27.4. The summed E-state index contributed by atoms with van der Waals surface area (Å²) < 4.78 is 45.5. The molecule has 13 heteroatoms. The highest BCUT2D eigenvalue weighted by molar-refractivity contribution is 6.42. The normalized spacial score (nSPS) is 15.2. The van der Waals surface area contributed by atoms with Crippen molar-refractivity contribution in [1.29, 1.82) is 0 Å². The van der Waals surface area contributed by atoms with E-state index in [2.05, 4.69) is 5.32 Å². The number of piperidine rings is 1. The first kappa shape index (κ1) is 28.5. The van der Waals surface area contributed by atoms with Crippen LogP contribution in [0.1, 0.15) is 34.3 Å². The maximum Gasteiger partial charge on any atom is 0.416 e. The number of ether oxygens (including phenoxy) is 1. The van der Waals surface area contributed by atoms with E-state index in [1.807, 2.05) is 0 Å². The monoisotopic (exact) mass is 560 g/mol. The number of benzene rings is 2. The Morgan fingerprint density at radius 1 is 1.11 bits per heavy atom. The summed E-state index contributed by atoms with van der Waals surface area (Å²) in [6, 6.07) is 7.27. The molecule has 1 aliphatic rings. The molecular formula is C24H25Cl2F3N4O4. The molecule has 2 aromatic rings. The van der Waals surface area contributed by atoms with Crippen molar-refractivity contribution in [2.24, 2.45) is 16.9 Å². The number of nitrogens with one attached hydrogen (secondary N) is 1. The Morgan fingerprint density at radius 3 is 2.38 bits per heavy atom. The SMILES string of the molecule is NCC(=O)N1CCC(COc2cc(C(F)(F)F)ccc2C(N)=O)(C(=O)NCc2cccc(Cl)c2Cl)CC1. The molecule has 0 spiro atoms. The van der Waals surface area contributed by atoms with E-state index in [-0.39, 0.29) is 62.1 Å². The maximum atomic E-state index is 13.4. The second-order valence-electron chi connectivity index (χ2n) is 8.62. The van der Waals surface area contributed by atoms with Crippen LogP contribution in [0.25, 0.3) is 0 Å². The van der Waals surface area contributed by atoms with Gasteiger partial charge in [0.2, 0.25) is 11.8 Å². The minimum absolute atomic E-state index is 0.0293. The summed E-state index contributed by atoms with van der Waals surface area (Å²) in [5, 5.41) is 3.36. The Bertz CT molecular complexity index is 1190. The number of halogens is 5. The van der Waals surface area contributed by atoms with Crippen molar-refractivity contribution in [2.75, 3.05) is 26.2 Å². The van der Waals surface area contributed by atoms with Crippen LogP contribution in [0.2, 0.25) is 10.0 Å². The number of carbonyl (C=O) groups is 3. The average molecular weight is 561 g/mol. The van der Waals surface area contributed by atoms with Crippen LogP contribution in [-0.2, 0) is 22.3 Å². The van der Waals surface area contributed by atoms with Crippen LogP contribution in [0.4, 0.5) is 13.2 Å². The van der Waals surface area contributed by atoms with Gasteiger partial charge >= 0.3 is 6.18 Å². The predicted octanol–water partition coefficient (Wildman–Crippen LogP) is 3.37. The zero-order valence-corrected chi connectivity index (χ0v) is 21.1. The van der Waals surface area contributed by atoms with E-state index in [4.69, 9.17) is 39.4 Å². The average Bonchev–Trinajstić information content (AvgIpc) is 2.87. The van der Waals surface area contributed by atoms with Crippen LogP contribution in [0.15, 0.2) is 36.4 Å². The van der Waals surface area contributed by atoms with Gasteiger partial charge in [-0.05, 0) is 42.7 Å². The highest BCUT2D eigenvalue weighted by atomic mass is 35.5. The smallest absolute Gasteiger partial charge is 0.416 e. The van der Waals surface area contributed by atoms with Gasteiger partial charge in [0.15, 0.2) is 0 Å². The fraction of sp³-hybridized carbons (Fsp3) is 0.375. The van der Waals surface area contributed by atoms with E-state index in [1.165, 1.54) is 4.90 Å². The molecule has 1 saturated heterocycles. The number of amides is 3. The fourth-order valence-corrected chi connectivity index (χ4v) is 4.42. The Labute approximate surface area is 221 Å². The quantitative estimate of drug-likeness (QED) is 0.456. The summed E-state index contributed by atoms with van der Waals surface area (Å²) >= 11 is 12.2. The van der Waals surface area contributed by atoms with Crippen molar-refractivity contribution in [3.8, 4) is 5.75 Å². The van der Waals surface area contributed by atoms with Crippen molar-refractivity contribution in [2.45, 2.75) is 25.6 Å². The Morgan fingerprint density at radius 2 is 1.78 bits per heavy atom. The summed E-state index contributed by atoms with van der Waals surface area (Å²) in [5.41, 5.74) is 8.79. The van der Waals surface area contributed by atoms with E-state index in [0.29, 0.717) is 16.7 Å². The minimum Gasteiger partial charge on any atom is -0.492 e. The molecule has 0 aliphatic carbocycles. The molecule has 5 N–H and O–H groups in total. The largest absolute Gasteiger partial charge is 0.492 e. The van der Waals surface area contributed by atoms with E-state index in [0.717, 1.165) is 12.1 Å². The number of hydrogen-bond donors (Lipinski definition) is 3. The summed E-state index contributed by atoms with van der Waals surface area (Å²) in [7, 11) is 0. The minimum atomic E-state index is -4.69. The molecule has 0 aromatic heterocycles. The van der Waals surface area contributed by atoms with Crippen molar-refractivity contribution < 1.29 is 32.3 Å². The van der Waals surface area contributed by atoms with E-state index >= 15 is 0 Å². The third-order valence-corrected chi connectivity index (χ3v) is 7.14. The molecule has 1 heterocycles. The number of primary amides is 1. The Kier molecular flexibility index (Phi) is 8.93. The second-order valence-corrected chi connectivity index (χ2v) is 9.41. The molecule has 1 fully saturated rings. The van der Waals surface area contributed by atoms with Gasteiger partial charge in [-0.2, -0.15) is 13.2 Å². The predicted molar refractivity (Wildman–Crippen MR) is 131 cm³/mol. The lowest BCUT2D eigenvalue weighted by Gasteiger charge is -2.40. The first-order chi connectivity index (χ1) is 17.4. The number of alkyl halides is 3. The topological polar surface area (TPSA) is 128 Å². The lowest BCUT2D eigenvalue weighted by atomic mass is 9.78. The summed E-state index contributed by atoms with van der Waals surface area (Å²) in [4.78, 5) is 38.8. The van der Waals surface area contributed by atoms with Gasteiger partial charge in [0.1, 0.15) is 12.4 Å². The molecule has 2 aromatic carbocycles. The number of hydrogen-bond acceptors (Lipinski definition) is 5. The van der Waals surface area contributed by atoms with E-state index < -0.39 is 34.7 Å². The van der Waals surface area contributed by atoms with Crippen molar-refractivity contribution in [1.82, 2.24) is 10.2 Å². The van der Waals surface area contributed by atoms with Crippen molar-refractivity contribution in [3.63, 3.8) is 0 Å². The molecule has 8 nitrogen and oxygen atoms in total. The number of likely N-dealkylation sites (tertiary alicyclic amines) is 1. The lowest BCUT2D eigenvalue weighted by Crippen LogP contribution is -2.53. The van der Waals surface area contributed by atoms with Crippen molar-refractivity contribution in [3.05, 3.63) is 63.1 Å². The van der Waals surface area contributed by atoms with Gasteiger partial charge in [0.05, 0.1) is 33.1 Å². The van der Waals surface area contributed by atoms with E-state index in [9.17, 15) is 27.6 Å². The van der Waals surface area contributed by atoms with Crippen LogP contribution in [0.5, 0.6) is 5.75 Å². The van der Waals surface area contributed by atoms with Gasteiger partial charge in [-0.3, -0.25) is 14.4 Å². The zero-order valence-electron chi connectivity index (χ0n) is 19.5. The first-order valence-electron chi connectivity index (χ1n) is 11.2. The molecule has 3 rings (SSSR count). The molecule has 1 aliphatic heterocycles. The number of carbonyl (C=O) groups excluding carboxylic acids is 3. The third kappa shape index (κ3) is 6.65. The molecule has 200 valence electrons. The highest BCUT2D eigenvalue weighted by Gasteiger charge is 2.43. The van der Waals surface area contributed by atoms with Crippen LogP contribution >= 0.6 is 23.2 Å². The van der Waals surface area contributed by atoms with Crippen LogP contribution < -0.4 is 21.5 Å². The number of rotatable bonds is 8. The number of nitrogens with two attached hydrogens (primary N) is 2. The molecule has 0 radical (unpaired) electrons. The highest BCUT2D eigenvalue weighted by Crippen LogP contribution is 2.37. The van der Waals surface area contributed by atoms with Gasteiger partial charge in [0.25, 0.3) is 5.91 Å². The standard InChI is InChI=1S/C24H25Cl2F3N4O4/c25-17-3-1-2-14(20(17)26)12-32-22(36)23(6-8-33(9-7-23)19(34)11-30)13-37-18-10-15(24(27,28)29)4-5-16(18)21(31)35/h1-5,10H,6-9,11-13,30H2,(H2,31,35)(H,32,36). The molecular weight excluding hydrogens is 536 g/mol. The maximum absolute atomic E-state index is 13.4. The van der Waals surface area contributed by atoms with Crippen LogP contribution in [0, 0.1) is 5.41 Å². The van der Waals surface area contributed by atoms with Crippen LogP contribution in [-0.4, -0.2) is 48.9 Å². The molecule has 0 unspecified atom stereocenters. The van der Waals surface area contributed by atoms with Gasteiger partial charge < -0.3 is 26.4 Å². The molecule has 0 bridgehead atoms. The van der Waals surface area contributed by atoms with Gasteiger partial charge in [-0.15, -0.1) is 0 Å². The molecule has 3 amide bonds. The fourth-order valence-electron chi connectivity index (χ4n) is 4.04. The van der Waals surface area contributed by atoms with Gasteiger partial charge in [-0.1, -0.05) is 35.3 Å². The molecule has 0 saturated carbocycles. The van der Waals surface area contributed by atoms with Crippen LogP contribution in [0.3, 0.4) is 0 Å². The van der Waals surface area contributed by atoms with Gasteiger partial charge in [-0.25, -0.2) is 0 Å². The second kappa shape index (κ2) is 11.6. The summed E-state index contributed by atoms with van der Waals surface area (Å²) in [6.07, 6.45) is -4.41. The summed E-state index contributed by atoms with van der Waals surface area (Å²) in [6.45, 7) is -0.183. The van der Waals surface area contributed by atoms with Gasteiger partial charge in [0, 0.05) is 19.6 Å². The Hall–Kier alpha value is -3.02. The lowest BCUT2D eigenvalue weighted by molar-refractivity contribution is -0.142.